The standard InChI is InChI=1S/C21H15NO3.CH3Br/c1-12-6-8-13(9-7-12)22-16-10-11-17(23)19-18(16)20(24)14-4-2-3-5-15(14)21(19)25;1-2/h2-11,22-23H,1H3;1H3. The predicted molar refractivity (Wildman–Crippen MR) is 111 cm³/mol. The van der Waals surface area contributed by atoms with Crippen molar-refractivity contribution in [1.29, 1.82) is 0 Å². The summed E-state index contributed by atoms with van der Waals surface area (Å²) < 4.78 is 0. The Morgan fingerprint density at radius 2 is 1.33 bits per heavy atom. The van der Waals surface area contributed by atoms with Crippen molar-refractivity contribution in [3.8, 4) is 5.75 Å². The lowest BCUT2D eigenvalue weighted by molar-refractivity contribution is 0.0977. The molecule has 5 heteroatoms. The molecule has 1 aliphatic rings. The highest BCUT2D eigenvalue weighted by molar-refractivity contribution is 9.08. The van der Waals surface area contributed by atoms with E-state index < -0.39 is 0 Å². The summed E-state index contributed by atoms with van der Waals surface area (Å²) in [6, 6.07) is 17.5. The van der Waals surface area contributed by atoms with Gasteiger partial charge in [0.05, 0.1) is 16.8 Å². The molecule has 0 radical (unpaired) electrons. The largest absolute Gasteiger partial charge is 0.507 e. The number of anilines is 2. The molecule has 0 spiro atoms. The van der Waals surface area contributed by atoms with Gasteiger partial charge in [-0.2, -0.15) is 0 Å². The lowest BCUT2D eigenvalue weighted by Crippen LogP contribution is -2.22. The SMILES string of the molecule is CBr.Cc1ccc(Nc2ccc(O)c3c2C(=O)c2ccccc2C3=O)cc1. The average Bonchev–Trinajstić information content (AvgIpc) is 2.70. The number of aromatic hydroxyl groups is 1. The van der Waals surface area contributed by atoms with E-state index in [1.807, 2.05) is 37.0 Å². The summed E-state index contributed by atoms with van der Waals surface area (Å²) in [6.45, 7) is 1.99. The van der Waals surface area contributed by atoms with Gasteiger partial charge in [-0.25, -0.2) is 0 Å². The van der Waals surface area contributed by atoms with Crippen molar-refractivity contribution in [3.05, 3.63) is 88.5 Å². The number of fused-ring (bicyclic) bond motifs is 2. The molecule has 1 aliphatic carbocycles. The third-order valence-electron chi connectivity index (χ3n) is 4.38. The van der Waals surface area contributed by atoms with Gasteiger partial charge in [0, 0.05) is 16.8 Å². The van der Waals surface area contributed by atoms with Crippen molar-refractivity contribution in [2.45, 2.75) is 6.92 Å². The molecule has 3 aromatic rings. The van der Waals surface area contributed by atoms with Crippen LogP contribution < -0.4 is 5.32 Å². The number of hydrogen-bond donors (Lipinski definition) is 2. The Morgan fingerprint density at radius 1 is 0.778 bits per heavy atom. The summed E-state index contributed by atoms with van der Waals surface area (Å²) in [4.78, 5) is 25.8. The van der Waals surface area contributed by atoms with E-state index in [4.69, 9.17) is 0 Å². The molecule has 0 aromatic heterocycles. The molecule has 0 saturated heterocycles. The Balaban J connectivity index is 0.00000102. The third-order valence-corrected chi connectivity index (χ3v) is 4.38. The van der Waals surface area contributed by atoms with E-state index in [-0.39, 0.29) is 28.4 Å². The first-order chi connectivity index (χ1) is 13.1. The second kappa shape index (κ2) is 7.76. The molecular formula is C22H18BrNO3. The quantitative estimate of drug-likeness (QED) is 0.342. The number of alkyl halides is 1. The zero-order chi connectivity index (χ0) is 19.6. The van der Waals surface area contributed by atoms with Crippen LogP contribution in [0.4, 0.5) is 11.4 Å². The lowest BCUT2D eigenvalue weighted by atomic mass is 9.82. The molecule has 3 aromatic carbocycles. The van der Waals surface area contributed by atoms with Gasteiger partial charge in [0.2, 0.25) is 0 Å². The molecule has 136 valence electrons. The topological polar surface area (TPSA) is 66.4 Å². The normalized spacial score (nSPS) is 11.8. The maximum absolute atomic E-state index is 13.0. The fourth-order valence-electron chi connectivity index (χ4n) is 3.10. The van der Waals surface area contributed by atoms with Gasteiger partial charge in [-0.3, -0.25) is 9.59 Å². The molecule has 0 aliphatic heterocycles. The van der Waals surface area contributed by atoms with E-state index >= 15 is 0 Å². The van der Waals surface area contributed by atoms with Gasteiger partial charge < -0.3 is 10.4 Å². The molecular weight excluding hydrogens is 406 g/mol. The first-order valence-corrected chi connectivity index (χ1v) is 9.91. The fourth-order valence-corrected chi connectivity index (χ4v) is 3.10. The number of aryl methyl sites for hydroxylation is 1. The highest BCUT2D eigenvalue weighted by Crippen LogP contribution is 2.37. The molecule has 0 heterocycles. The highest BCUT2D eigenvalue weighted by atomic mass is 79.9. The summed E-state index contributed by atoms with van der Waals surface area (Å²) in [7, 11) is 0. The van der Waals surface area contributed by atoms with E-state index in [1.165, 1.54) is 6.07 Å². The highest BCUT2D eigenvalue weighted by Gasteiger charge is 2.33. The van der Waals surface area contributed by atoms with Crippen LogP contribution in [-0.4, -0.2) is 22.5 Å². The molecule has 4 nitrogen and oxygen atoms in total. The second-order valence-corrected chi connectivity index (χ2v) is 6.08. The lowest BCUT2D eigenvalue weighted by Gasteiger charge is -2.21. The van der Waals surface area contributed by atoms with Crippen molar-refractivity contribution in [2.24, 2.45) is 0 Å². The minimum absolute atomic E-state index is 0.0563. The molecule has 0 fully saturated rings. The van der Waals surface area contributed by atoms with Gasteiger partial charge in [0.15, 0.2) is 11.6 Å². The Labute approximate surface area is 166 Å². The van der Waals surface area contributed by atoms with Crippen molar-refractivity contribution in [3.63, 3.8) is 0 Å². The van der Waals surface area contributed by atoms with Crippen LogP contribution in [0, 0.1) is 6.92 Å². The van der Waals surface area contributed by atoms with E-state index in [0.29, 0.717) is 16.8 Å². The van der Waals surface area contributed by atoms with Gasteiger partial charge in [-0.05, 0) is 37.0 Å². The minimum Gasteiger partial charge on any atom is -0.507 e. The number of carbonyl (C=O) groups excluding carboxylic acids is 2. The molecule has 27 heavy (non-hydrogen) atoms. The van der Waals surface area contributed by atoms with Crippen LogP contribution in [0.3, 0.4) is 0 Å². The molecule has 2 N–H and O–H groups in total. The van der Waals surface area contributed by atoms with Gasteiger partial charge in [-0.1, -0.05) is 57.9 Å². The minimum atomic E-state index is -0.338. The summed E-state index contributed by atoms with van der Waals surface area (Å²) in [5, 5.41) is 13.4. The van der Waals surface area contributed by atoms with E-state index in [1.54, 1.807) is 30.3 Å². The summed E-state index contributed by atoms with van der Waals surface area (Å²) in [5.74, 6) is 1.02. The molecule has 0 saturated carbocycles. The van der Waals surface area contributed by atoms with Crippen LogP contribution in [0.2, 0.25) is 0 Å². The number of hydrogen-bond acceptors (Lipinski definition) is 4. The van der Waals surface area contributed by atoms with Crippen molar-refractivity contribution < 1.29 is 14.7 Å². The van der Waals surface area contributed by atoms with Crippen molar-refractivity contribution >= 4 is 38.9 Å². The summed E-state index contributed by atoms with van der Waals surface area (Å²) in [5.41, 5.74) is 3.38. The zero-order valence-electron chi connectivity index (χ0n) is 14.9. The van der Waals surface area contributed by atoms with Gasteiger partial charge in [0.1, 0.15) is 5.75 Å². The number of carbonyl (C=O) groups is 2. The third kappa shape index (κ3) is 3.38. The van der Waals surface area contributed by atoms with Gasteiger partial charge >= 0.3 is 0 Å². The van der Waals surface area contributed by atoms with E-state index in [0.717, 1.165) is 11.3 Å². The van der Waals surface area contributed by atoms with Crippen molar-refractivity contribution in [2.75, 3.05) is 11.1 Å². The van der Waals surface area contributed by atoms with Crippen LogP contribution in [0.25, 0.3) is 0 Å². The molecule has 0 bridgehead atoms. The molecule has 4 rings (SSSR count). The molecule has 0 unspecified atom stereocenters. The maximum Gasteiger partial charge on any atom is 0.198 e. The Bertz CT molecular complexity index is 1030. The maximum atomic E-state index is 13.0. The smallest absolute Gasteiger partial charge is 0.198 e. The van der Waals surface area contributed by atoms with Crippen LogP contribution >= 0.6 is 15.9 Å². The number of ketones is 2. The molecule has 0 atom stereocenters. The Kier molecular flexibility index (Phi) is 5.42. The average molecular weight is 424 g/mol. The van der Waals surface area contributed by atoms with Crippen LogP contribution in [-0.2, 0) is 0 Å². The number of rotatable bonds is 2. The van der Waals surface area contributed by atoms with Crippen molar-refractivity contribution in [1.82, 2.24) is 0 Å². The number of nitrogens with one attached hydrogen (secondary N) is 1. The van der Waals surface area contributed by atoms with Gasteiger partial charge in [-0.15, -0.1) is 0 Å². The Hall–Kier alpha value is -2.92. The predicted octanol–water partition coefficient (Wildman–Crippen LogP) is 5.23. The summed E-state index contributed by atoms with van der Waals surface area (Å²) in [6.07, 6.45) is 0. The number of phenols is 1. The second-order valence-electron chi connectivity index (χ2n) is 6.08. The first kappa shape index (κ1) is 18.9. The van der Waals surface area contributed by atoms with Crippen LogP contribution in [0.1, 0.15) is 37.4 Å². The number of phenolic OH excluding ortho intramolecular Hbond substituents is 1. The Morgan fingerprint density at radius 3 is 1.93 bits per heavy atom. The van der Waals surface area contributed by atoms with E-state index in [9.17, 15) is 14.7 Å². The van der Waals surface area contributed by atoms with Crippen LogP contribution in [0.5, 0.6) is 5.75 Å². The zero-order valence-corrected chi connectivity index (χ0v) is 16.5. The van der Waals surface area contributed by atoms with E-state index in [2.05, 4.69) is 21.2 Å². The number of halogens is 1. The summed E-state index contributed by atoms with van der Waals surface area (Å²) >= 11 is 2.94. The number of benzene rings is 3. The van der Waals surface area contributed by atoms with Gasteiger partial charge in [0.25, 0.3) is 0 Å². The first-order valence-electron chi connectivity index (χ1n) is 8.32. The van der Waals surface area contributed by atoms with Crippen LogP contribution in [0.15, 0.2) is 60.7 Å². The monoisotopic (exact) mass is 423 g/mol. The fraction of sp³-hybridized carbons (Fsp3) is 0.0909. The molecule has 0 amide bonds.